The summed E-state index contributed by atoms with van der Waals surface area (Å²) in [7, 11) is -3.64. The Morgan fingerprint density at radius 3 is 1.90 bits per heavy atom. The van der Waals surface area contributed by atoms with Gasteiger partial charge < -0.3 is 0 Å². The topological polar surface area (TPSA) is 37.4 Å². The molecule has 1 fully saturated rings. The molecular weight excluding hydrogens is 378 g/mol. The van der Waals surface area contributed by atoms with Gasteiger partial charge in [-0.3, -0.25) is 0 Å². The summed E-state index contributed by atoms with van der Waals surface area (Å²) >= 11 is 0. The second-order valence-electron chi connectivity index (χ2n) is 7.68. The SMILES string of the molecule is C=C[C@@H]1CC(c2ccccc2)(c2ccccc2)CN1S(=O)(=O)c1ccc(C)cc1. The Bertz CT molecular complexity index is 1050. The minimum Gasteiger partial charge on any atom is -0.207 e. The lowest BCUT2D eigenvalue weighted by Gasteiger charge is -2.30. The molecule has 3 aromatic carbocycles. The number of sulfonamides is 1. The highest BCUT2D eigenvalue weighted by molar-refractivity contribution is 7.89. The molecule has 148 valence electrons. The van der Waals surface area contributed by atoms with Gasteiger partial charge in [0.1, 0.15) is 0 Å². The normalized spacial score (nSPS) is 19.1. The lowest BCUT2D eigenvalue weighted by atomic mass is 9.73. The van der Waals surface area contributed by atoms with E-state index in [1.807, 2.05) is 55.5 Å². The van der Waals surface area contributed by atoms with Gasteiger partial charge >= 0.3 is 0 Å². The number of hydrogen-bond acceptors (Lipinski definition) is 2. The molecule has 1 aliphatic rings. The molecule has 1 saturated heterocycles. The van der Waals surface area contributed by atoms with Crippen LogP contribution in [0.3, 0.4) is 0 Å². The van der Waals surface area contributed by atoms with Gasteiger partial charge in [0, 0.05) is 18.0 Å². The highest BCUT2D eigenvalue weighted by Gasteiger charge is 2.49. The number of benzene rings is 3. The summed E-state index contributed by atoms with van der Waals surface area (Å²) in [4.78, 5) is 0.326. The summed E-state index contributed by atoms with van der Waals surface area (Å²) in [6, 6.07) is 27.2. The summed E-state index contributed by atoms with van der Waals surface area (Å²) in [5.74, 6) is 0. The van der Waals surface area contributed by atoms with Gasteiger partial charge in [0.05, 0.1) is 4.90 Å². The maximum atomic E-state index is 13.5. The first-order valence-electron chi connectivity index (χ1n) is 9.79. The Kier molecular flexibility index (Phi) is 5.15. The minimum absolute atomic E-state index is 0.276. The maximum Gasteiger partial charge on any atom is 0.243 e. The summed E-state index contributed by atoms with van der Waals surface area (Å²) in [5, 5.41) is 0. The average Bonchev–Trinajstić information content (AvgIpc) is 3.17. The van der Waals surface area contributed by atoms with Crippen LogP contribution in [0.1, 0.15) is 23.1 Å². The third kappa shape index (κ3) is 3.43. The van der Waals surface area contributed by atoms with Gasteiger partial charge in [-0.15, -0.1) is 6.58 Å². The van der Waals surface area contributed by atoms with E-state index in [2.05, 4.69) is 30.8 Å². The Hall–Kier alpha value is -2.69. The van der Waals surface area contributed by atoms with Gasteiger partial charge in [-0.1, -0.05) is 84.4 Å². The average molecular weight is 404 g/mol. The van der Waals surface area contributed by atoms with Crippen LogP contribution in [0.2, 0.25) is 0 Å². The van der Waals surface area contributed by atoms with Gasteiger partial charge in [0.2, 0.25) is 10.0 Å². The van der Waals surface area contributed by atoms with Gasteiger partial charge in [-0.2, -0.15) is 4.31 Å². The van der Waals surface area contributed by atoms with Crippen molar-refractivity contribution in [3.63, 3.8) is 0 Å². The van der Waals surface area contributed by atoms with E-state index in [-0.39, 0.29) is 6.04 Å². The zero-order valence-corrected chi connectivity index (χ0v) is 17.3. The van der Waals surface area contributed by atoms with Crippen molar-refractivity contribution >= 4 is 10.0 Å². The number of aryl methyl sites for hydroxylation is 1. The van der Waals surface area contributed by atoms with Crippen LogP contribution in [0.5, 0.6) is 0 Å². The molecule has 1 heterocycles. The molecule has 0 unspecified atom stereocenters. The molecule has 0 N–H and O–H groups in total. The monoisotopic (exact) mass is 403 g/mol. The summed E-state index contributed by atoms with van der Waals surface area (Å²) in [6.45, 7) is 6.30. The standard InChI is InChI=1S/C25H25NO2S/c1-3-23-18-25(21-10-6-4-7-11-21,22-12-8-5-9-13-22)19-26(23)29(27,28)24-16-14-20(2)15-17-24/h3-17,23H,1,18-19H2,2H3/t23-/m1/s1. The molecule has 0 radical (unpaired) electrons. The molecule has 0 bridgehead atoms. The fourth-order valence-corrected chi connectivity index (χ4v) is 5.97. The highest BCUT2D eigenvalue weighted by Crippen LogP contribution is 2.45. The molecule has 0 saturated carbocycles. The molecule has 1 atom stereocenters. The summed E-state index contributed by atoms with van der Waals surface area (Å²) in [6.07, 6.45) is 2.43. The zero-order valence-electron chi connectivity index (χ0n) is 16.5. The van der Waals surface area contributed by atoms with Crippen LogP contribution in [-0.4, -0.2) is 25.3 Å². The molecule has 0 amide bonds. The number of rotatable bonds is 5. The Balaban J connectivity index is 1.84. The quantitative estimate of drug-likeness (QED) is 0.567. The lowest BCUT2D eigenvalue weighted by molar-refractivity contribution is 0.423. The van der Waals surface area contributed by atoms with E-state index >= 15 is 0 Å². The minimum atomic E-state index is -3.64. The van der Waals surface area contributed by atoms with E-state index < -0.39 is 15.4 Å². The van der Waals surface area contributed by atoms with Crippen LogP contribution >= 0.6 is 0 Å². The van der Waals surface area contributed by atoms with E-state index in [9.17, 15) is 8.42 Å². The first-order valence-corrected chi connectivity index (χ1v) is 11.2. The Labute approximate surface area is 173 Å². The largest absolute Gasteiger partial charge is 0.243 e. The van der Waals surface area contributed by atoms with Crippen LogP contribution in [0.4, 0.5) is 0 Å². The van der Waals surface area contributed by atoms with Crippen molar-refractivity contribution in [2.45, 2.75) is 29.7 Å². The third-order valence-electron chi connectivity index (χ3n) is 5.91. The molecule has 29 heavy (non-hydrogen) atoms. The van der Waals surface area contributed by atoms with Crippen molar-refractivity contribution in [1.29, 1.82) is 0 Å². The molecule has 0 aliphatic carbocycles. The molecule has 4 rings (SSSR count). The molecule has 1 aliphatic heterocycles. The molecule has 4 heteroatoms. The van der Waals surface area contributed by atoms with Crippen LogP contribution in [0.25, 0.3) is 0 Å². The maximum absolute atomic E-state index is 13.5. The summed E-state index contributed by atoms with van der Waals surface area (Å²) < 4.78 is 28.7. The van der Waals surface area contributed by atoms with Gasteiger partial charge in [-0.25, -0.2) is 8.42 Å². The van der Waals surface area contributed by atoms with Crippen molar-refractivity contribution in [2.24, 2.45) is 0 Å². The van der Waals surface area contributed by atoms with Crippen molar-refractivity contribution < 1.29 is 8.42 Å². The second-order valence-corrected chi connectivity index (χ2v) is 9.58. The first kappa shape index (κ1) is 19.6. The third-order valence-corrected chi connectivity index (χ3v) is 7.79. The van der Waals surface area contributed by atoms with Crippen molar-refractivity contribution in [3.8, 4) is 0 Å². The molecule has 0 aromatic heterocycles. The fourth-order valence-electron chi connectivity index (χ4n) is 4.32. The van der Waals surface area contributed by atoms with Crippen LogP contribution in [0.15, 0.2) is 102 Å². The predicted octanol–water partition coefficient (Wildman–Crippen LogP) is 4.93. The molecule has 3 aromatic rings. The van der Waals surface area contributed by atoms with Crippen LogP contribution in [0, 0.1) is 6.92 Å². The highest BCUT2D eigenvalue weighted by atomic mass is 32.2. The second kappa shape index (κ2) is 7.62. The molecular formula is C25H25NO2S. The van der Waals surface area contributed by atoms with Crippen LogP contribution < -0.4 is 0 Å². The number of nitrogens with zero attached hydrogens (tertiary/aromatic N) is 1. The van der Waals surface area contributed by atoms with Gasteiger partial charge in [-0.05, 0) is 36.6 Å². The first-order chi connectivity index (χ1) is 14.0. The van der Waals surface area contributed by atoms with Crippen molar-refractivity contribution in [1.82, 2.24) is 4.31 Å². The molecule has 0 spiro atoms. The van der Waals surface area contributed by atoms with Gasteiger partial charge in [0.25, 0.3) is 0 Å². The Morgan fingerprint density at radius 2 is 1.41 bits per heavy atom. The van der Waals surface area contributed by atoms with Crippen LogP contribution in [-0.2, 0) is 15.4 Å². The van der Waals surface area contributed by atoms with Crippen molar-refractivity contribution in [3.05, 3.63) is 114 Å². The van der Waals surface area contributed by atoms with E-state index in [1.165, 1.54) is 0 Å². The number of hydrogen-bond donors (Lipinski definition) is 0. The molecule has 3 nitrogen and oxygen atoms in total. The smallest absolute Gasteiger partial charge is 0.207 e. The van der Waals surface area contributed by atoms with E-state index in [0.717, 1.165) is 16.7 Å². The summed E-state index contributed by atoms with van der Waals surface area (Å²) in [5.41, 5.74) is 2.87. The van der Waals surface area contributed by atoms with Crippen molar-refractivity contribution in [2.75, 3.05) is 6.54 Å². The Morgan fingerprint density at radius 1 is 0.897 bits per heavy atom. The zero-order chi connectivity index (χ0) is 20.5. The van der Waals surface area contributed by atoms with E-state index in [4.69, 9.17) is 0 Å². The lowest BCUT2D eigenvalue weighted by Crippen LogP contribution is -2.37. The van der Waals surface area contributed by atoms with E-state index in [0.29, 0.717) is 17.9 Å². The van der Waals surface area contributed by atoms with Gasteiger partial charge in [0.15, 0.2) is 0 Å². The van der Waals surface area contributed by atoms with E-state index in [1.54, 1.807) is 22.5 Å². The predicted molar refractivity (Wildman–Crippen MR) is 117 cm³/mol. The fraction of sp³-hybridized carbons (Fsp3) is 0.200.